The van der Waals surface area contributed by atoms with E-state index in [1.165, 1.54) is 5.56 Å². The topological polar surface area (TPSA) is 62.2 Å². The van der Waals surface area contributed by atoms with E-state index in [1.54, 1.807) is 0 Å². The Morgan fingerprint density at radius 3 is 2.67 bits per heavy atom. The van der Waals surface area contributed by atoms with Gasteiger partial charge in [-0.25, -0.2) is 0 Å². The lowest BCUT2D eigenvalue weighted by atomic mass is 9.80. The lowest BCUT2D eigenvalue weighted by Crippen LogP contribution is -2.59. The molecule has 3 rings (SSSR count). The van der Waals surface area contributed by atoms with Gasteiger partial charge in [0.1, 0.15) is 6.10 Å². The van der Waals surface area contributed by atoms with Crippen molar-refractivity contribution < 1.29 is 19.7 Å². The summed E-state index contributed by atoms with van der Waals surface area (Å²) < 4.78 is 11.6. The van der Waals surface area contributed by atoms with Crippen LogP contribution in [0.4, 0.5) is 0 Å². The maximum Gasteiger partial charge on any atom is 0.109 e. The first kappa shape index (κ1) is 17.8. The predicted molar refractivity (Wildman–Crippen MR) is 91.7 cm³/mol. The van der Waals surface area contributed by atoms with Crippen LogP contribution < -0.4 is 0 Å². The highest BCUT2D eigenvalue weighted by molar-refractivity contribution is 5.13. The number of aliphatic hydroxyl groups excluding tert-OH is 2. The molecule has 134 valence electrons. The number of nitrogens with zero attached hydrogens (tertiary/aromatic N) is 1. The third-order valence-corrected chi connectivity index (χ3v) is 5.28. The summed E-state index contributed by atoms with van der Waals surface area (Å²) in [5, 5.41) is 20.2. The number of rotatable bonds is 6. The Morgan fingerprint density at radius 2 is 1.92 bits per heavy atom. The van der Waals surface area contributed by atoms with Crippen molar-refractivity contribution >= 4 is 0 Å². The zero-order chi connectivity index (χ0) is 16.8. The van der Waals surface area contributed by atoms with E-state index in [0.29, 0.717) is 19.6 Å². The first-order valence-corrected chi connectivity index (χ1v) is 9.04. The standard InChI is InChI=1S/C19H29NO4/c21-17-7-14-24-19(18(17)22)8-11-20(12-9-19)10-4-13-23-15-16-5-2-1-3-6-16/h1-3,5-6,17-18,21-22H,4,7-15H2/t17-,18-/m0/s1. The van der Waals surface area contributed by atoms with Gasteiger partial charge in [-0.15, -0.1) is 0 Å². The average molecular weight is 335 g/mol. The third-order valence-electron chi connectivity index (χ3n) is 5.28. The number of hydrogen-bond acceptors (Lipinski definition) is 5. The Kier molecular flexibility index (Phi) is 6.25. The molecule has 5 nitrogen and oxygen atoms in total. The Morgan fingerprint density at radius 1 is 1.17 bits per heavy atom. The maximum absolute atomic E-state index is 10.3. The van der Waals surface area contributed by atoms with Crippen LogP contribution >= 0.6 is 0 Å². The molecule has 5 heteroatoms. The van der Waals surface area contributed by atoms with Crippen molar-refractivity contribution in [1.82, 2.24) is 4.90 Å². The fraction of sp³-hybridized carbons (Fsp3) is 0.684. The number of piperidine rings is 1. The molecule has 2 fully saturated rings. The van der Waals surface area contributed by atoms with Gasteiger partial charge in [0.05, 0.1) is 24.9 Å². The molecular weight excluding hydrogens is 306 g/mol. The number of aliphatic hydroxyl groups is 2. The summed E-state index contributed by atoms with van der Waals surface area (Å²) in [6.45, 7) is 4.79. The van der Waals surface area contributed by atoms with Gasteiger partial charge in [0.2, 0.25) is 0 Å². The summed E-state index contributed by atoms with van der Waals surface area (Å²) in [6, 6.07) is 10.2. The Labute approximate surface area is 144 Å². The maximum atomic E-state index is 10.3. The second-order valence-corrected chi connectivity index (χ2v) is 6.95. The van der Waals surface area contributed by atoms with Crippen molar-refractivity contribution in [3.8, 4) is 0 Å². The molecule has 0 radical (unpaired) electrons. The molecule has 0 aliphatic carbocycles. The Balaban J connectivity index is 1.33. The molecule has 0 aromatic heterocycles. The van der Waals surface area contributed by atoms with Crippen molar-refractivity contribution in [2.45, 2.75) is 50.1 Å². The zero-order valence-corrected chi connectivity index (χ0v) is 14.3. The van der Waals surface area contributed by atoms with Crippen molar-refractivity contribution in [3.63, 3.8) is 0 Å². The van der Waals surface area contributed by atoms with Crippen molar-refractivity contribution in [3.05, 3.63) is 35.9 Å². The first-order chi connectivity index (χ1) is 11.7. The third kappa shape index (κ3) is 4.35. The quantitative estimate of drug-likeness (QED) is 0.773. The minimum Gasteiger partial charge on any atom is -0.390 e. The highest BCUT2D eigenvalue weighted by atomic mass is 16.5. The first-order valence-electron chi connectivity index (χ1n) is 9.04. The van der Waals surface area contributed by atoms with Crippen LogP contribution in [0.3, 0.4) is 0 Å². The van der Waals surface area contributed by atoms with Gasteiger partial charge in [-0.05, 0) is 31.2 Å². The SMILES string of the molecule is O[C@H]1CCOC2(CCN(CCCOCc3ccccc3)CC2)[C@H]1O. The number of likely N-dealkylation sites (tertiary alicyclic amines) is 1. The molecule has 0 amide bonds. The number of benzene rings is 1. The lowest BCUT2D eigenvalue weighted by Gasteiger charge is -2.48. The summed E-state index contributed by atoms with van der Waals surface area (Å²) in [4.78, 5) is 2.40. The smallest absolute Gasteiger partial charge is 0.109 e. The molecule has 0 unspecified atom stereocenters. The molecule has 24 heavy (non-hydrogen) atoms. The second-order valence-electron chi connectivity index (χ2n) is 6.95. The highest BCUT2D eigenvalue weighted by Crippen LogP contribution is 2.35. The van der Waals surface area contributed by atoms with E-state index < -0.39 is 17.8 Å². The van der Waals surface area contributed by atoms with Crippen LogP contribution in [0.2, 0.25) is 0 Å². The normalized spacial score (nSPS) is 27.4. The van der Waals surface area contributed by atoms with Crippen LogP contribution in [-0.4, -0.2) is 65.8 Å². The van der Waals surface area contributed by atoms with Crippen molar-refractivity contribution in [2.24, 2.45) is 0 Å². The van der Waals surface area contributed by atoms with Gasteiger partial charge in [-0.1, -0.05) is 30.3 Å². The fourth-order valence-corrected chi connectivity index (χ4v) is 3.73. The largest absolute Gasteiger partial charge is 0.390 e. The minimum atomic E-state index is -0.748. The molecule has 2 saturated heterocycles. The molecule has 2 heterocycles. The van der Waals surface area contributed by atoms with Gasteiger partial charge < -0.3 is 24.6 Å². The van der Waals surface area contributed by atoms with E-state index in [2.05, 4.69) is 17.0 Å². The molecule has 2 aliphatic rings. The van der Waals surface area contributed by atoms with Crippen molar-refractivity contribution in [2.75, 3.05) is 32.8 Å². The van der Waals surface area contributed by atoms with E-state index >= 15 is 0 Å². The molecule has 2 N–H and O–H groups in total. The molecule has 1 aromatic carbocycles. The zero-order valence-electron chi connectivity index (χ0n) is 14.3. The summed E-state index contributed by atoms with van der Waals surface area (Å²) in [7, 11) is 0. The van der Waals surface area contributed by atoms with Gasteiger partial charge in [0, 0.05) is 26.2 Å². The minimum absolute atomic E-state index is 0.530. The summed E-state index contributed by atoms with van der Waals surface area (Å²) in [5.41, 5.74) is 0.678. The molecule has 1 spiro atoms. The van der Waals surface area contributed by atoms with Gasteiger partial charge >= 0.3 is 0 Å². The van der Waals surface area contributed by atoms with Gasteiger partial charge in [0.15, 0.2) is 0 Å². The lowest BCUT2D eigenvalue weighted by molar-refractivity contribution is -0.214. The average Bonchev–Trinajstić information content (AvgIpc) is 2.62. The monoisotopic (exact) mass is 335 g/mol. The molecule has 2 aliphatic heterocycles. The van der Waals surface area contributed by atoms with Crippen molar-refractivity contribution in [1.29, 1.82) is 0 Å². The van der Waals surface area contributed by atoms with Crippen LogP contribution in [0.1, 0.15) is 31.2 Å². The van der Waals surface area contributed by atoms with E-state index in [9.17, 15) is 10.2 Å². The van der Waals surface area contributed by atoms with Crippen LogP contribution in [0, 0.1) is 0 Å². The molecule has 0 bridgehead atoms. The number of hydrogen-bond donors (Lipinski definition) is 2. The summed E-state index contributed by atoms with van der Waals surface area (Å²) in [6.07, 6.45) is 1.72. The van der Waals surface area contributed by atoms with Crippen LogP contribution in [-0.2, 0) is 16.1 Å². The van der Waals surface area contributed by atoms with Crippen LogP contribution in [0.25, 0.3) is 0 Å². The molecule has 1 aromatic rings. The molecular formula is C19H29NO4. The van der Waals surface area contributed by atoms with E-state index in [-0.39, 0.29) is 0 Å². The van der Waals surface area contributed by atoms with Gasteiger partial charge in [0.25, 0.3) is 0 Å². The Bertz CT molecular complexity index is 487. The summed E-state index contributed by atoms with van der Waals surface area (Å²) >= 11 is 0. The summed E-state index contributed by atoms with van der Waals surface area (Å²) in [5.74, 6) is 0. The van der Waals surface area contributed by atoms with E-state index in [0.717, 1.165) is 45.5 Å². The highest BCUT2D eigenvalue weighted by Gasteiger charge is 2.47. The van der Waals surface area contributed by atoms with E-state index in [4.69, 9.17) is 9.47 Å². The van der Waals surface area contributed by atoms with E-state index in [1.807, 2.05) is 18.2 Å². The van der Waals surface area contributed by atoms with Gasteiger partial charge in [-0.3, -0.25) is 0 Å². The number of ether oxygens (including phenoxy) is 2. The predicted octanol–water partition coefficient (Wildman–Crippen LogP) is 1.57. The van der Waals surface area contributed by atoms with Crippen LogP contribution in [0.15, 0.2) is 30.3 Å². The second kappa shape index (κ2) is 8.41. The Hall–Kier alpha value is -0.980. The fourth-order valence-electron chi connectivity index (χ4n) is 3.73. The van der Waals surface area contributed by atoms with Crippen LogP contribution in [0.5, 0.6) is 0 Å². The molecule has 0 saturated carbocycles. The van der Waals surface area contributed by atoms with Gasteiger partial charge in [-0.2, -0.15) is 0 Å². The molecule has 2 atom stereocenters.